The van der Waals surface area contributed by atoms with Crippen molar-refractivity contribution < 1.29 is 14.3 Å². The number of nitrogens with one attached hydrogen (secondary N) is 1. The molecule has 1 N–H and O–H groups in total. The van der Waals surface area contributed by atoms with Gasteiger partial charge in [0.1, 0.15) is 5.75 Å². The number of likely N-dealkylation sites (tertiary alicyclic amines) is 1. The van der Waals surface area contributed by atoms with Crippen molar-refractivity contribution in [3.63, 3.8) is 0 Å². The van der Waals surface area contributed by atoms with Crippen molar-refractivity contribution in [3.8, 4) is 16.9 Å². The zero-order valence-corrected chi connectivity index (χ0v) is 17.1. The topological polar surface area (TPSA) is 58.6 Å². The van der Waals surface area contributed by atoms with Crippen LogP contribution in [0.1, 0.15) is 12.8 Å². The molecule has 1 heterocycles. The summed E-state index contributed by atoms with van der Waals surface area (Å²) in [4.78, 5) is 26.6. The first-order valence-electron chi connectivity index (χ1n) is 9.43. The van der Waals surface area contributed by atoms with Crippen LogP contribution in [0.4, 0.5) is 5.69 Å². The van der Waals surface area contributed by atoms with Gasteiger partial charge in [-0.25, -0.2) is 0 Å². The van der Waals surface area contributed by atoms with E-state index in [9.17, 15) is 9.59 Å². The van der Waals surface area contributed by atoms with Crippen LogP contribution in [0, 0.1) is 5.92 Å². The smallest absolute Gasteiger partial charge is 0.232 e. The Morgan fingerprint density at radius 2 is 1.96 bits per heavy atom. The fourth-order valence-corrected chi connectivity index (χ4v) is 3.85. The Hall–Kier alpha value is -2.47. The maximum absolute atomic E-state index is 12.7. The molecule has 1 fully saturated rings. The van der Waals surface area contributed by atoms with Crippen LogP contribution in [0.3, 0.4) is 0 Å². The lowest BCUT2D eigenvalue weighted by atomic mass is 9.97. The fraction of sp³-hybridized carbons (Fsp3) is 0.364. The number of thioether (sulfide) groups is 1. The number of hydrogen-bond acceptors (Lipinski definition) is 4. The average Bonchev–Trinajstić information content (AvgIpc) is 2.74. The van der Waals surface area contributed by atoms with Crippen LogP contribution in [0.5, 0.6) is 5.75 Å². The molecule has 1 saturated heterocycles. The van der Waals surface area contributed by atoms with Crippen LogP contribution in [-0.4, -0.2) is 48.9 Å². The minimum absolute atomic E-state index is 0.0178. The Bertz CT molecular complexity index is 823. The van der Waals surface area contributed by atoms with Crippen molar-refractivity contribution >= 4 is 29.3 Å². The molecule has 148 valence electrons. The van der Waals surface area contributed by atoms with Crippen molar-refractivity contribution in [2.75, 3.05) is 37.5 Å². The third-order valence-corrected chi connectivity index (χ3v) is 5.50. The summed E-state index contributed by atoms with van der Waals surface area (Å²) in [5.41, 5.74) is 2.89. The second kappa shape index (κ2) is 9.64. The Labute approximate surface area is 170 Å². The maximum Gasteiger partial charge on any atom is 0.232 e. The van der Waals surface area contributed by atoms with Crippen molar-refractivity contribution in [2.24, 2.45) is 5.92 Å². The van der Waals surface area contributed by atoms with E-state index in [0.29, 0.717) is 12.3 Å². The molecular weight excluding hydrogens is 372 g/mol. The highest BCUT2D eigenvalue weighted by Gasteiger charge is 2.28. The molecule has 0 aromatic heterocycles. The van der Waals surface area contributed by atoms with Gasteiger partial charge in [0, 0.05) is 18.8 Å². The average molecular weight is 399 g/mol. The van der Waals surface area contributed by atoms with E-state index in [-0.39, 0.29) is 17.7 Å². The van der Waals surface area contributed by atoms with Gasteiger partial charge in [0.25, 0.3) is 0 Å². The molecule has 1 atom stereocenters. The molecule has 2 amide bonds. The van der Waals surface area contributed by atoms with Crippen LogP contribution < -0.4 is 10.1 Å². The van der Waals surface area contributed by atoms with E-state index < -0.39 is 0 Å². The quantitative estimate of drug-likeness (QED) is 0.802. The molecule has 1 aliphatic heterocycles. The van der Waals surface area contributed by atoms with Gasteiger partial charge in [0.05, 0.1) is 18.8 Å². The van der Waals surface area contributed by atoms with Crippen LogP contribution in [-0.2, 0) is 9.59 Å². The summed E-state index contributed by atoms with van der Waals surface area (Å²) < 4.78 is 5.27. The number of methoxy groups -OCH3 is 1. The summed E-state index contributed by atoms with van der Waals surface area (Å²) in [6.07, 6.45) is 3.60. The van der Waals surface area contributed by atoms with Gasteiger partial charge in [0.2, 0.25) is 11.8 Å². The first-order chi connectivity index (χ1) is 13.6. The largest absolute Gasteiger partial charge is 0.497 e. The molecule has 2 aromatic carbocycles. The second-order valence-electron chi connectivity index (χ2n) is 6.91. The number of hydrogen-bond donors (Lipinski definition) is 1. The lowest BCUT2D eigenvalue weighted by molar-refractivity contribution is -0.132. The third-order valence-electron chi connectivity index (χ3n) is 4.97. The first-order valence-corrected chi connectivity index (χ1v) is 10.8. The van der Waals surface area contributed by atoms with Gasteiger partial charge in [-0.05, 0) is 54.5 Å². The number of carbonyl (C=O) groups excluding carboxylic acids is 2. The fourth-order valence-electron chi connectivity index (χ4n) is 3.43. The predicted molar refractivity (Wildman–Crippen MR) is 115 cm³/mol. The van der Waals surface area contributed by atoms with Crippen molar-refractivity contribution in [1.29, 1.82) is 0 Å². The summed E-state index contributed by atoms with van der Waals surface area (Å²) in [6.45, 7) is 1.26. The highest BCUT2D eigenvalue weighted by Crippen LogP contribution is 2.26. The molecule has 2 aromatic rings. The molecule has 28 heavy (non-hydrogen) atoms. The molecule has 0 saturated carbocycles. The highest BCUT2D eigenvalue weighted by molar-refractivity contribution is 7.99. The minimum atomic E-state index is -0.155. The molecule has 0 bridgehead atoms. The van der Waals surface area contributed by atoms with Gasteiger partial charge in [-0.15, -0.1) is 0 Å². The maximum atomic E-state index is 12.7. The Morgan fingerprint density at radius 1 is 1.18 bits per heavy atom. The van der Waals surface area contributed by atoms with Crippen molar-refractivity contribution in [1.82, 2.24) is 4.90 Å². The summed E-state index contributed by atoms with van der Waals surface area (Å²) in [5.74, 6) is 1.23. The molecular formula is C22H26N2O3S. The van der Waals surface area contributed by atoms with Gasteiger partial charge in [-0.1, -0.05) is 24.3 Å². The standard InChI is InChI=1S/C22H26N2O3S/c1-27-20-7-3-5-17(13-20)16-8-10-19(11-9-16)23-22(26)18-6-4-12-24(14-18)21(25)15-28-2/h3,5,7-11,13,18H,4,6,12,14-15H2,1-2H3,(H,23,26)/t18-/m1/s1. The number of nitrogens with zero attached hydrogens (tertiary/aromatic N) is 1. The summed E-state index contributed by atoms with van der Waals surface area (Å²) in [6, 6.07) is 15.7. The molecule has 1 aliphatic rings. The predicted octanol–water partition coefficient (Wildman–Crippen LogP) is 3.90. The monoisotopic (exact) mass is 398 g/mol. The summed E-state index contributed by atoms with van der Waals surface area (Å²) >= 11 is 1.52. The van der Waals surface area contributed by atoms with Gasteiger partial charge in [-0.3, -0.25) is 9.59 Å². The summed E-state index contributed by atoms with van der Waals surface area (Å²) in [7, 11) is 1.65. The molecule has 0 unspecified atom stereocenters. The summed E-state index contributed by atoms with van der Waals surface area (Å²) in [5, 5.41) is 3.00. The Balaban J connectivity index is 1.62. The van der Waals surface area contributed by atoms with Crippen LogP contribution in [0.15, 0.2) is 48.5 Å². The molecule has 0 radical (unpaired) electrons. The van der Waals surface area contributed by atoms with E-state index in [1.165, 1.54) is 11.8 Å². The van der Waals surface area contributed by atoms with Gasteiger partial charge < -0.3 is 15.0 Å². The number of amides is 2. The van der Waals surface area contributed by atoms with Gasteiger partial charge in [0.15, 0.2) is 0 Å². The zero-order valence-electron chi connectivity index (χ0n) is 16.3. The lowest BCUT2D eigenvalue weighted by Crippen LogP contribution is -2.44. The Morgan fingerprint density at radius 3 is 2.68 bits per heavy atom. The first kappa shape index (κ1) is 20.3. The number of piperidine rings is 1. The van der Waals surface area contributed by atoms with E-state index >= 15 is 0 Å². The van der Waals surface area contributed by atoms with Crippen LogP contribution in [0.2, 0.25) is 0 Å². The van der Waals surface area contributed by atoms with Gasteiger partial charge >= 0.3 is 0 Å². The van der Waals surface area contributed by atoms with E-state index in [0.717, 1.165) is 42.0 Å². The Kier molecular flexibility index (Phi) is 6.98. The normalized spacial score (nSPS) is 16.5. The van der Waals surface area contributed by atoms with Crippen molar-refractivity contribution in [3.05, 3.63) is 48.5 Å². The molecule has 3 rings (SSSR count). The van der Waals surface area contributed by atoms with Gasteiger partial charge in [-0.2, -0.15) is 11.8 Å². The number of benzene rings is 2. The van der Waals surface area contributed by atoms with Crippen molar-refractivity contribution in [2.45, 2.75) is 12.8 Å². The van der Waals surface area contributed by atoms with E-state index in [1.54, 1.807) is 7.11 Å². The van der Waals surface area contributed by atoms with E-state index in [1.807, 2.05) is 59.7 Å². The number of rotatable bonds is 6. The molecule has 5 nitrogen and oxygen atoms in total. The zero-order chi connectivity index (χ0) is 19.9. The van der Waals surface area contributed by atoms with E-state index in [4.69, 9.17) is 4.74 Å². The van der Waals surface area contributed by atoms with E-state index in [2.05, 4.69) is 5.32 Å². The van der Waals surface area contributed by atoms with Crippen LogP contribution in [0.25, 0.3) is 11.1 Å². The number of carbonyl (C=O) groups is 2. The molecule has 0 spiro atoms. The molecule has 6 heteroatoms. The minimum Gasteiger partial charge on any atom is -0.497 e. The molecule has 0 aliphatic carbocycles. The number of ether oxygens (including phenoxy) is 1. The highest BCUT2D eigenvalue weighted by atomic mass is 32.2. The second-order valence-corrected chi connectivity index (χ2v) is 7.78. The SMILES string of the molecule is COc1cccc(-c2ccc(NC(=O)[C@@H]3CCCN(C(=O)CSC)C3)cc2)c1. The third kappa shape index (κ3) is 5.07. The number of anilines is 1. The van der Waals surface area contributed by atoms with Crippen LogP contribution >= 0.6 is 11.8 Å². The lowest BCUT2D eigenvalue weighted by Gasteiger charge is -2.32.